The van der Waals surface area contributed by atoms with Crippen molar-refractivity contribution in [2.75, 3.05) is 7.11 Å². The summed E-state index contributed by atoms with van der Waals surface area (Å²) in [6, 6.07) is 11.6. The van der Waals surface area contributed by atoms with Crippen molar-refractivity contribution in [3.8, 4) is 5.75 Å². The van der Waals surface area contributed by atoms with Gasteiger partial charge in [0.1, 0.15) is 27.2 Å². The van der Waals surface area contributed by atoms with Gasteiger partial charge in [-0.3, -0.25) is 4.79 Å². The first-order chi connectivity index (χ1) is 16.1. The van der Waals surface area contributed by atoms with E-state index in [0.717, 1.165) is 24.3 Å². The highest BCUT2D eigenvalue weighted by molar-refractivity contribution is 8.13. The second kappa shape index (κ2) is 10.9. The summed E-state index contributed by atoms with van der Waals surface area (Å²) >= 11 is 0. The number of benzene rings is 3. The Balaban J connectivity index is 0.000000269. The SMILES string of the molecule is COc1ccc(C(=O)c2ccc(F)c(S(N)(=O)=O)c2)cc1.O=C(O)c1ccc(F)c(S(=O)(=O)Cl)c1. The number of primary sulfonamides is 1. The van der Waals surface area contributed by atoms with Crippen molar-refractivity contribution in [1.29, 1.82) is 0 Å². The van der Waals surface area contributed by atoms with Crippen LogP contribution in [-0.4, -0.2) is 40.8 Å². The van der Waals surface area contributed by atoms with Gasteiger partial charge in [0.15, 0.2) is 5.78 Å². The monoisotopic (exact) mass is 547 g/mol. The minimum absolute atomic E-state index is 0.0330. The van der Waals surface area contributed by atoms with Gasteiger partial charge < -0.3 is 9.84 Å². The number of hydrogen-bond acceptors (Lipinski definition) is 7. The molecule has 3 N–H and O–H groups in total. The van der Waals surface area contributed by atoms with Gasteiger partial charge in [0.05, 0.1) is 12.7 Å². The summed E-state index contributed by atoms with van der Waals surface area (Å²) in [5.41, 5.74) is 0.0130. The number of carbonyl (C=O) groups is 2. The second-order valence-electron chi connectivity index (χ2n) is 6.64. The molecule has 3 aromatic rings. The number of hydrogen-bond donors (Lipinski definition) is 2. The van der Waals surface area contributed by atoms with Crippen LogP contribution < -0.4 is 9.88 Å². The van der Waals surface area contributed by atoms with E-state index in [9.17, 15) is 35.2 Å². The largest absolute Gasteiger partial charge is 0.497 e. The normalized spacial score (nSPS) is 11.2. The van der Waals surface area contributed by atoms with E-state index in [4.69, 9.17) is 25.7 Å². The minimum atomic E-state index is -4.26. The molecule has 9 nitrogen and oxygen atoms in total. The third-order valence-electron chi connectivity index (χ3n) is 4.29. The zero-order valence-electron chi connectivity index (χ0n) is 17.6. The van der Waals surface area contributed by atoms with E-state index in [1.165, 1.54) is 25.3 Å². The molecule has 0 radical (unpaired) electrons. The first-order valence-corrected chi connectivity index (χ1v) is 13.0. The molecule has 0 aliphatic heterocycles. The topological polar surface area (TPSA) is 158 Å². The Labute approximate surface area is 203 Å². The van der Waals surface area contributed by atoms with Crippen LogP contribution in [0.1, 0.15) is 26.3 Å². The van der Waals surface area contributed by atoms with Gasteiger partial charge >= 0.3 is 5.97 Å². The van der Waals surface area contributed by atoms with Crippen LogP contribution in [0.3, 0.4) is 0 Å². The third-order valence-corrected chi connectivity index (χ3v) is 6.56. The van der Waals surface area contributed by atoms with E-state index < -0.39 is 52.3 Å². The fourth-order valence-corrected chi connectivity index (χ4v) is 4.15. The van der Waals surface area contributed by atoms with Crippen LogP contribution in [0.25, 0.3) is 0 Å². The van der Waals surface area contributed by atoms with E-state index in [2.05, 4.69) is 0 Å². The Kier molecular flexibility index (Phi) is 8.68. The van der Waals surface area contributed by atoms with Gasteiger partial charge in [-0.15, -0.1) is 0 Å². The Morgan fingerprint density at radius 1 is 0.829 bits per heavy atom. The van der Waals surface area contributed by atoms with Crippen molar-refractivity contribution in [3.63, 3.8) is 0 Å². The first-order valence-electron chi connectivity index (χ1n) is 9.13. The summed E-state index contributed by atoms with van der Waals surface area (Å²) < 4.78 is 75.3. The maximum absolute atomic E-state index is 13.4. The quantitative estimate of drug-likeness (QED) is 0.352. The maximum atomic E-state index is 13.4. The molecule has 0 aliphatic carbocycles. The Bertz CT molecular complexity index is 1490. The molecule has 0 amide bonds. The molecule has 0 heterocycles. The van der Waals surface area contributed by atoms with E-state index >= 15 is 0 Å². The lowest BCUT2D eigenvalue weighted by Gasteiger charge is -2.06. The number of ketones is 1. The summed E-state index contributed by atoms with van der Waals surface area (Å²) in [5, 5.41) is 13.4. The lowest BCUT2D eigenvalue weighted by molar-refractivity contribution is 0.0696. The van der Waals surface area contributed by atoms with Crippen LogP contribution in [0.15, 0.2) is 70.5 Å². The molecule has 3 rings (SSSR count). The van der Waals surface area contributed by atoms with Crippen molar-refractivity contribution in [2.24, 2.45) is 5.14 Å². The van der Waals surface area contributed by atoms with Gasteiger partial charge in [0, 0.05) is 21.8 Å². The maximum Gasteiger partial charge on any atom is 0.335 e. The zero-order chi connectivity index (χ0) is 26.6. The molecule has 0 fully saturated rings. The summed E-state index contributed by atoms with van der Waals surface area (Å²) in [6.45, 7) is 0. The number of carboxylic acids is 1. The molecule has 3 aromatic carbocycles. The second-order valence-corrected chi connectivity index (χ2v) is 10.7. The summed E-state index contributed by atoms with van der Waals surface area (Å²) in [7, 11) is -2.11. The average Bonchev–Trinajstić information content (AvgIpc) is 2.78. The lowest BCUT2D eigenvalue weighted by atomic mass is 10.0. The highest BCUT2D eigenvalue weighted by Gasteiger charge is 2.19. The molecule has 0 unspecified atom stereocenters. The number of sulfonamides is 1. The molecule has 0 aromatic heterocycles. The van der Waals surface area contributed by atoms with E-state index in [1.54, 1.807) is 12.1 Å². The molecule has 0 bridgehead atoms. The van der Waals surface area contributed by atoms with Gasteiger partial charge in [0.25, 0.3) is 9.05 Å². The van der Waals surface area contributed by atoms with E-state index in [-0.39, 0.29) is 11.1 Å². The highest BCUT2D eigenvalue weighted by atomic mass is 35.7. The van der Waals surface area contributed by atoms with Crippen molar-refractivity contribution in [1.82, 2.24) is 0 Å². The number of carbonyl (C=O) groups excluding carboxylic acids is 1. The Morgan fingerprint density at radius 2 is 1.29 bits per heavy atom. The van der Waals surface area contributed by atoms with E-state index in [0.29, 0.717) is 17.4 Å². The van der Waals surface area contributed by atoms with Gasteiger partial charge in [-0.2, -0.15) is 0 Å². The van der Waals surface area contributed by atoms with Crippen molar-refractivity contribution >= 4 is 41.5 Å². The fraction of sp³-hybridized carbons (Fsp3) is 0.0476. The number of methoxy groups -OCH3 is 1. The molecular formula is C21H16ClF2NO8S2. The number of halogens is 3. The van der Waals surface area contributed by atoms with Gasteiger partial charge in [0.2, 0.25) is 10.0 Å². The third kappa shape index (κ3) is 7.29. The Hall–Kier alpha value is -3.39. The highest BCUT2D eigenvalue weighted by Crippen LogP contribution is 2.21. The average molecular weight is 548 g/mol. The van der Waals surface area contributed by atoms with Crippen LogP contribution in [-0.2, 0) is 19.1 Å². The van der Waals surface area contributed by atoms with Gasteiger partial charge in [-0.25, -0.2) is 35.5 Å². The van der Waals surface area contributed by atoms with Crippen LogP contribution in [0.4, 0.5) is 8.78 Å². The van der Waals surface area contributed by atoms with Crippen LogP contribution in [0.5, 0.6) is 5.75 Å². The summed E-state index contributed by atoms with van der Waals surface area (Å²) in [6.07, 6.45) is 0. The molecule has 0 saturated carbocycles. The molecule has 14 heteroatoms. The number of aromatic carboxylic acids is 1. The summed E-state index contributed by atoms with van der Waals surface area (Å²) in [4.78, 5) is 21.1. The van der Waals surface area contributed by atoms with Gasteiger partial charge in [-0.1, -0.05) is 0 Å². The van der Waals surface area contributed by atoms with Crippen molar-refractivity contribution in [2.45, 2.75) is 9.79 Å². The fourth-order valence-electron chi connectivity index (χ4n) is 2.59. The molecule has 35 heavy (non-hydrogen) atoms. The lowest BCUT2D eigenvalue weighted by Crippen LogP contribution is -2.15. The standard InChI is InChI=1S/C14H12FNO4S.C7H4ClFO4S/c1-20-11-5-2-9(3-6-11)14(17)10-4-7-12(15)13(8-10)21(16,18)19;8-14(12,13)6-3-4(7(10)11)1-2-5(6)9/h2-8H,1H3,(H2,16,18,19);1-3H,(H,10,11). The van der Waals surface area contributed by atoms with Crippen molar-refractivity contribution in [3.05, 3.63) is 89.0 Å². The smallest absolute Gasteiger partial charge is 0.335 e. The number of nitrogens with two attached hydrogens (primary N) is 1. The Morgan fingerprint density at radius 3 is 1.74 bits per heavy atom. The molecule has 0 aliphatic rings. The van der Waals surface area contributed by atoms with Gasteiger partial charge in [-0.05, 0) is 60.7 Å². The van der Waals surface area contributed by atoms with E-state index in [1.807, 2.05) is 0 Å². The van der Waals surface area contributed by atoms with Crippen molar-refractivity contribution < 1.29 is 45.0 Å². The molecular weight excluding hydrogens is 532 g/mol. The summed E-state index contributed by atoms with van der Waals surface area (Å²) in [5.74, 6) is -3.29. The number of carboxylic acid groups (broad SMARTS) is 1. The van der Waals surface area contributed by atoms with Crippen LogP contribution >= 0.6 is 10.7 Å². The van der Waals surface area contributed by atoms with Crippen LogP contribution in [0, 0.1) is 11.6 Å². The number of ether oxygens (including phenoxy) is 1. The first kappa shape index (κ1) is 27.9. The predicted molar refractivity (Wildman–Crippen MR) is 121 cm³/mol. The molecule has 0 atom stereocenters. The zero-order valence-corrected chi connectivity index (χ0v) is 20.0. The van der Waals surface area contributed by atoms with Crippen LogP contribution in [0.2, 0.25) is 0 Å². The molecule has 0 spiro atoms. The molecule has 0 saturated heterocycles. The number of rotatable bonds is 6. The molecule has 186 valence electrons. The predicted octanol–water partition coefficient (Wildman–Crippen LogP) is 3.16. The minimum Gasteiger partial charge on any atom is -0.497 e.